The molecule has 0 bridgehead atoms. The molecule has 1 aromatic carbocycles. The molecule has 0 aliphatic carbocycles. The molecule has 1 unspecified atom stereocenters. The second kappa shape index (κ2) is 5.19. The number of hydrogen-bond donors (Lipinski definition) is 1. The van der Waals surface area contributed by atoms with E-state index in [1.807, 2.05) is 6.07 Å². The van der Waals surface area contributed by atoms with Crippen LogP contribution >= 0.6 is 0 Å². The van der Waals surface area contributed by atoms with Gasteiger partial charge in [-0.15, -0.1) is 0 Å². The minimum atomic E-state index is -0.593. The summed E-state index contributed by atoms with van der Waals surface area (Å²) in [7, 11) is 0. The minimum Gasteiger partial charge on any atom is -0.472 e. The Morgan fingerprint density at radius 1 is 1.06 bits per heavy atom. The number of hydrogen-bond acceptors (Lipinski definition) is 2. The van der Waals surface area contributed by atoms with Crippen LogP contribution in [-0.4, -0.2) is 5.11 Å². The summed E-state index contributed by atoms with van der Waals surface area (Å²) in [4.78, 5) is 0. The number of rotatable bonds is 4. The van der Waals surface area contributed by atoms with Crippen molar-refractivity contribution in [2.24, 2.45) is 0 Å². The van der Waals surface area contributed by atoms with Crippen molar-refractivity contribution >= 4 is 0 Å². The topological polar surface area (TPSA) is 33.4 Å². The van der Waals surface area contributed by atoms with Crippen LogP contribution in [0.1, 0.15) is 42.2 Å². The lowest BCUT2D eigenvalue weighted by Crippen LogP contribution is -2.01. The molecule has 0 saturated heterocycles. The Morgan fingerprint density at radius 3 is 2.41 bits per heavy atom. The highest BCUT2D eigenvalue weighted by atomic mass is 16.3. The maximum absolute atomic E-state index is 10.2. The first-order chi connectivity index (χ1) is 8.26. The molecule has 0 amide bonds. The van der Waals surface area contributed by atoms with Gasteiger partial charge in [-0.05, 0) is 35.6 Å². The summed E-state index contributed by atoms with van der Waals surface area (Å²) in [6.07, 6.45) is 4.61. The number of aliphatic hydroxyl groups excluding tert-OH is 1. The van der Waals surface area contributed by atoms with Crippen molar-refractivity contribution in [1.29, 1.82) is 0 Å². The van der Waals surface area contributed by atoms with Gasteiger partial charge >= 0.3 is 0 Å². The Balaban J connectivity index is 2.33. The zero-order chi connectivity index (χ0) is 12.3. The van der Waals surface area contributed by atoms with E-state index in [-0.39, 0.29) is 0 Å². The molecule has 1 N–H and O–H groups in total. The van der Waals surface area contributed by atoms with Crippen molar-refractivity contribution in [3.8, 4) is 0 Å². The zero-order valence-corrected chi connectivity index (χ0v) is 10.3. The predicted molar refractivity (Wildman–Crippen MR) is 68.0 cm³/mol. The first kappa shape index (κ1) is 11.9. The van der Waals surface area contributed by atoms with E-state index < -0.39 is 6.10 Å². The summed E-state index contributed by atoms with van der Waals surface area (Å²) in [6, 6.07) is 7.99. The first-order valence-electron chi connectivity index (χ1n) is 6.08. The van der Waals surface area contributed by atoms with E-state index in [2.05, 4.69) is 26.0 Å². The molecule has 0 aliphatic rings. The predicted octanol–water partition coefficient (Wildman–Crippen LogP) is 3.49. The highest BCUT2D eigenvalue weighted by Crippen LogP contribution is 2.24. The summed E-state index contributed by atoms with van der Waals surface area (Å²) >= 11 is 0. The van der Waals surface area contributed by atoms with Gasteiger partial charge in [0.2, 0.25) is 0 Å². The monoisotopic (exact) mass is 230 g/mol. The summed E-state index contributed by atoms with van der Waals surface area (Å²) in [5.41, 5.74) is 4.40. The summed E-state index contributed by atoms with van der Waals surface area (Å²) in [5, 5.41) is 10.2. The average Bonchev–Trinajstić information content (AvgIpc) is 2.90. The summed E-state index contributed by atoms with van der Waals surface area (Å²) in [6.45, 7) is 4.29. The van der Waals surface area contributed by atoms with Crippen molar-refractivity contribution in [2.45, 2.75) is 32.8 Å². The number of aliphatic hydroxyl groups is 1. The van der Waals surface area contributed by atoms with Gasteiger partial charge in [0.1, 0.15) is 6.10 Å². The van der Waals surface area contributed by atoms with Crippen LogP contribution in [0.3, 0.4) is 0 Å². The average molecular weight is 230 g/mol. The molecule has 2 nitrogen and oxygen atoms in total. The van der Waals surface area contributed by atoms with Gasteiger partial charge < -0.3 is 9.52 Å². The Morgan fingerprint density at radius 2 is 1.82 bits per heavy atom. The van der Waals surface area contributed by atoms with Gasteiger partial charge in [0.25, 0.3) is 0 Å². The van der Waals surface area contributed by atoms with E-state index in [1.165, 1.54) is 11.1 Å². The lowest BCUT2D eigenvalue weighted by atomic mass is 9.96. The van der Waals surface area contributed by atoms with Crippen LogP contribution in [0.2, 0.25) is 0 Å². The second-order valence-electron chi connectivity index (χ2n) is 4.19. The van der Waals surface area contributed by atoms with Gasteiger partial charge in [0.15, 0.2) is 0 Å². The smallest absolute Gasteiger partial charge is 0.107 e. The molecule has 1 aromatic heterocycles. The molecule has 0 radical (unpaired) electrons. The van der Waals surface area contributed by atoms with E-state index in [1.54, 1.807) is 18.6 Å². The molecular formula is C15H18O2. The fourth-order valence-corrected chi connectivity index (χ4v) is 2.11. The third-order valence-corrected chi connectivity index (χ3v) is 3.17. The zero-order valence-electron chi connectivity index (χ0n) is 10.3. The minimum absolute atomic E-state index is 0.593. The van der Waals surface area contributed by atoms with Crippen LogP contribution in [-0.2, 0) is 12.8 Å². The Kier molecular flexibility index (Phi) is 3.64. The summed E-state index contributed by atoms with van der Waals surface area (Å²) < 4.78 is 5.00. The first-order valence-corrected chi connectivity index (χ1v) is 6.08. The summed E-state index contributed by atoms with van der Waals surface area (Å²) in [5.74, 6) is 0. The van der Waals surface area contributed by atoms with Crippen LogP contribution in [0.15, 0.2) is 41.2 Å². The Labute approximate surface area is 102 Å². The molecular weight excluding hydrogens is 212 g/mol. The maximum Gasteiger partial charge on any atom is 0.107 e. The molecule has 0 saturated carbocycles. The van der Waals surface area contributed by atoms with Crippen LogP contribution in [0.4, 0.5) is 0 Å². The molecule has 1 atom stereocenters. The molecule has 1 heterocycles. The fourth-order valence-electron chi connectivity index (χ4n) is 2.11. The molecule has 2 heteroatoms. The third kappa shape index (κ3) is 2.42. The standard InChI is InChI=1S/C15H18O2/c1-3-11-5-6-13(9-12(11)4-2)15(16)14-7-8-17-10-14/h5-10,15-16H,3-4H2,1-2H3. The number of benzene rings is 1. The fraction of sp³-hybridized carbons (Fsp3) is 0.333. The van der Waals surface area contributed by atoms with Crippen LogP contribution in [0, 0.1) is 0 Å². The van der Waals surface area contributed by atoms with E-state index in [9.17, 15) is 5.11 Å². The van der Waals surface area contributed by atoms with Crippen LogP contribution in [0.25, 0.3) is 0 Å². The second-order valence-corrected chi connectivity index (χ2v) is 4.19. The van der Waals surface area contributed by atoms with E-state index in [4.69, 9.17) is 4.42 Å². The van der Waals surface area contributed by atoms with Gasteiger partial charge in [-0.2, -0.15) is 0 Å². The molecule has 0 aliphatic heterocycles. The third-order valence-electron chi connectivity index (χ3n) is 3.17. The van der Waals surface area contributed by atoms with Gasteiger partial charge in [0.05, 0.1) is 12.5 Å². The van der Waals surface area contributed by atoms with Crippen molar-refractivity contribution in [3.05, 3.63) is 59.0 Å². The molecule has 0 fully saturated rings. The van der Waals surface area contributed by atoms with Crippen molar-refractivity contribution in [3.63, 3.8) is 0 Å². The Hall–Kier alpha value is -1.54. The van der Waals surface area contributed by atoms with Crippen LogP contribution in [0.5, 0.6) is 0 Å². The largest absolute Gasteiger partial charge is 0.472 e. The number of aryl methyl sites for hydroxylation is 2. The highest BCUT2D eigenvalue weighted by Gasteiger charge is 2.12. The highest BCUT2D eigenvalue weighted by molar-refractivity contribution is 5.36. The number of furan rings is 1. The van der Waals surface area contributed by atoms with Gasteiger partial charge in [-0.1, -0.05) is 32.0 Å². The van der Waals surface area contributed by atoms with Crippen LogP contribution < -0.4 is 0 Å². The lowest BCUT2D eigenvalue weighted by Gasteiger charge is -2.13. The van der Waals surface area contributed by atoms with Crippen molar-refractivity contribution < 1.29 is 9.52 Å². The van der Waals surface area contributed by atoms with Gasteiger partial charge in [-0.3, -0.25) is 0 Å². The van der Waals surface area contributed by atoms with Gasteiger partial charge in [0, 0.05) is 5.56 Å². The molecule has 2 aromatic rings. The molecule has 90 valence electrons. The lowest BCUT2D eigenvalue weighted by molar-refractivity contribution is 0.219. The molecule has 0 spiro atoms. The maximum atomic E-state index is 10.2. The quantitative estimate of drug-likeness (QED) is 0.872. The molecule has 17 heavy (non-hydrogen) atoms. The van der Waals surface area contributed by atoms with E-state index in [0.717, 1.165) is 24.0 Å². The van der Waals surface area contributed by atoms with Gasteiger partial charge in [-0.25, -0.2) is 0 Å². The SMILES string of the molecule is CCc1ccc(C(O)c2ccoc2)cc1CC. The normalized spacial score (nSPS) is 12.6. The van der Waals surface area contributed by atoms with E-state index >= 15 is 0 Å². The van der Waals surface area contributed by atoms with Crippen molar-refractivity contribution in [2.75, 3.05) is 0 Å². The Bertz CT molecular complexity index is 472. The molecule has 2 rings (SSSR count). The van der Waals surface area contributed by atoms with E-state index in [0.29, 0.717) is 0 Å². The van der Waals surface area contributed by atoms with Crippen molar-refractivity contribution in [1.82, 2.24) is 0 Å².